The number of fused-ring (bicyclic) bond motifs is 1. The van der Waals surface area contributed by atoms with Crippen LogP contribution in [0.4, 0.5) is 0 Å². The van der Waals surface area contributed by atoms with Crippen LogP contribution in [-0.2, 0) is 0 Å². The van der Waals surface area contributed by atoms with E-state index >= 15 is 0 Å². The second-order valence-electron chi connectivity index (χ2n) is 2.96. The topological polar surface area (TPSA) is 15.8 Å². The maximum absolute atomic E-state index is 3.09. The lowest BCUT2D eigenvalue weighted by molar-refractivity contribution is 1.38. The number of aryl methyl sites for hydroxylation is 2. The van der Waals surface area contributed by atoms with E-state index in [1.807, 2.05) is 6.07 Å². The molecule has 0 fully saturated rings. The number of H-pyrrole nitrogens is 1. The van der Waals surface area contributed by atoms with Crippen molar-refractivity contribution >= 4 is 10.9 Å². The Balaban J connectivity index is 2.91. The molecule has 0 atom stereocenters. The molecule has 55 valence electrons. The molecule has 1 aromatic carbocycles. The van der Waals surface area contributed by atoms with Gasteiger partial charge in [-0.3, -0.25) is 0 Å². The summed E-state index contributed by atoms with van der Waals surface area (Å²) in [6, 6.07) is 6.32. The highest BCUT2D eigenvalue weighted by Crippen LogP contribution is 2.17. The zero-order valence-electron chi connectivity index (χ0n) is 6.73. The van der Waals surface area contributed by atoms with E-state index in [-0.39, 0.29) is 0 Å². The molecule has 1 heteroatoms. The molecule has 0 aliphatic heterocycles. The molecule has 1 nitrogen and oxygen atoms in total. The fourth-order valence-corrected chi connectivity index (χ4v) is 1.47. The predicted octanol–water partition coefficient (Wildman–Crippen LogP) is 2.58. The van der Waals surface area contributed by atoms with Gasteiger partial charge in [0.25, 0.3) is 0 Å². The Kier molecular flexibility index (Phi) is 1.25. The van der Waals surface area contributed by atoms with Crippen molar-refractivity contribution in [1.29, 1.82) is 0 Å². The Morgan fingerprint density at radius 3 is 2.91 bits per heavy atom. The van der Waals surface area contributed by atoms with Gasteiger partial charge in [-0.15, -0.1) is 0 Å². The number of benzene rings is 1. The zero-order chi connectivity index (χ0) is 7.84. The molecule has 0 aliphatic rings. The number of rotatable bonds is 0. The minimum atomic E-state index is 1.20. The summed E-state index contributed by atoms with van der Waals surface area (Å²) < 4.78 is 0. The van der Waals surface area contributed by atoms with E-state index in [4.69, 9.17) is 0 Å². The van der Waals surface area contributed by atoms with Crippen molar-refractivity contribution in [3.8, 4) is 0 Å². The molecule has 1 aromatic heterocycles. The second-order valence-corrected chi connectivity index (χ2v) is 2.96. The Hall–Kier alpha value is -1.24. The van der Waals surface area contributed by atoms with Crippen molar-refractivity contribution in [2.24, 2.45) is 0 Å². The van der Waals surface area contributed by atoms with E-state index in [1.54, 1.807) is 0 Å². The van der Waals surface area contributed by atoms with Gasteiger partial charge in [-0.2, -0.15) is 0 Å². The van der Waals surface area contributed by atoms with E-state index in [0.717, 1.165) is 0 Å². The predicted molar refractivity (Wildman–Crippen MR) is 46.6 cm³/mol. The van der Waals surface area contributed by atoms with Crippen LogP contribution in [-0.4, -0.2) is 4.98 Å². The maximum atomic E-state index is 3.09. The summed E-state index contributed by atoms with van der Waals surface area (Å²) in [4.78, 5) is 3.09. The third kappa shape index (κ3) is 0.929. The van der Waals surface area contributed by atoms with E-state index in [0.29, 0.717) is 0 Å². The summed E-state index contributed by atoms with van der Waals surface area (Å²) in [7, 11) is 0. The van der Waals surface area contributed by atoms with E-state index in [1.165, 1.54) is 22.0 Å². The molecule has 0 aliphatic carbocycles. The van der Waals surface area contributed by atoms with Crippen molar-refractivity contribution in [3.63, 3.8) is 0 Å². The largest absolute Gasteiger partial charge is 0.353 e. The molecule has 0 amide bonds. The Morgan fingerprint density at radius 1 is 1.27 bits per heavy atom. The van der Waals surface area contributed by atoms with Gasteiger partial charge in [0.15, 0.2) is 0 Å². The fourth-order valence-electron chi connectivity index (χ4n) is 1.47. The monoisotopic (exact) mass is 144 g/mol. The van der Waals surface area contributed by atoms with Gasteiger partial charge in [0.2, 0.25) is 0 Å². The van der Waals surface area contributed by atoms with Crippen molar-refractivity contribution in [3.05, 3.63) is 35.5 Å². The van der Waals surface area contributed by atoms with Crippen LogP contribution in [0.2, 0.25) is 0 Å². The third-order valence-corrected chi connectivity index (χ3v) is 1.94. The van der Waals surface area contributed by atoms with Crippen molar-refractivity contribution in [1.82, 2.24) is 4.98 Å². The van der Waals surface area contributed by atoms with Crippen LogP contribution in [0.1, 0.15) is 11.1 Å². The van der Waals surface area contributed by atoms with Crippen LogP contribution in [0.3, 0.4) is 0 Å². The Bertz CT molecular complexity index is 385. The van der Waals surface area contributed by atoms with Crippen LogP contribution in [0.25, 0.3) is 10.9 Å². The lowest BCUT2D eigenvalue weighted by atomic mass is 10.1. The molecular weight excluding hydrogens is 134 g/mol. The maximum Gasteiger partial charge on any atom is 0.0630 e. The van der Waals surface area contributed by atoms with Gasteiger partial charge in [0.05, 0.1) is 6.20 Å². The Labute approximate surface area is 66.1 Å². The molecule has 2 rings (SSSR count). The fraction of sp³-hybridized carbons (Fsp3) is 0.200. The van der Waals surface area contributed by atoms with Gasteiger partial charge in [0.1, 0.15) is 0 Å². The number of aromatic amines is 1. The molecule has 11 heavy (non-hydrogen) atoms. The first kappa shape index (κ1) is 6.47. The lowest BCUT2D eigenvalue weighted by Crippen LogP contribution is -1.78. The molecule has 0 spiro atoms. The van der Waals surface area contributed by atoms with Gasteiger partial charge in [-0.1, -0.05) is 11.6 Å². The standard InChI is InChI=1S/C10H10N/c1-7-5-8(2)10-9(6-7)3-4-11-10/h3,5-6,11H,1-2H3. The first-order chi connectivity index (χ1) is 5.27. The molecule has 1 radical (unpaired) electrons. The highest BCUT2D eigenvalue weighted by atomic mass is 14.7. The normalized spacial score (nSPS) is 10.7. The molecule has 0 unspecified atom stereocenters. The van der Waals surface area contributed by atoms with Gasteiger partial charge < -0.3 is 4.98 Å². The molecule has 1 N–H and O–H groups in total. The van der Waals surface area contributed by atoms with Crippen LogP contribution in [0.15, 0.2) is 18.2 Å². The highest BCUT2D eigenvalue weighted by Gasteiger charge is 1.97. The van der Waals surface area contributed by atoms with Crippen LogP contribution in [0, 0.1) is 20.0 Å². The molecule has 0 saturated heterocycles. The molecule has 2 aromatic rings. The minimum absolute atomic E-state index is 1.20. The summed E-state index contributed by atoms with van der Waals surface area (Å²) in [6.45, 7) is 4.22. The van der Waals surface area contributed by atoms with Gasteiger partial charge in [-0.05, 0) is 31.5 Å². The second kappa shape index (κ2) is 2.12. The van der Waals surface area contributed by atoms with Gasteiger partial charge in [-0.25, -0.2) is 0 Å². The van der Waals surface area contributed by atoms with Gasteiger partial charge >= 0.3 is 0 Å². The highest BCUT2D eigenvalue weighted by molar-refractivity contribution is 5.82. The summed E-state index contributed by atoms with van der Waals surface area (Å²) in [5, 5.41) is 1.25. The minimum Gasteiger partial charge on any atom is -0.353 e. The first-order valence-corrected chi connectivity index (χ1v) is 3.73. The molecule has 0 bridgehead atoms. The van der Waals surface area contributed by atoms with E-state index in [9.17, 15) is 0 Å². The zero-order valence-corrected chi connectivity index (χ0v) is 6.73. The Morgan fingerprint density at radius 2 is 2.09 bits per heavy atom. The quantitative estimate of drug-likeness (QED) is 0.585. The molecule has 0 saturated carbocycles. The molecule has 1 heterocycles. The van der Waals surface area contributed by atoms with E-state index in [2.05, 4.69) is 37.2 Å². The number of hydrogen-bond acceptors (Lipinski definition) is 0. The van der Waals surface area contributed by atoms with Crippen molar-refractivity contribution in [2.45, 2.75) is 13.8 Å². The summed E-state index contributed by atoms with van der Waals surface area (Å²) in [5.41, 5.74) is 3.81. The van der Waals surface area contributed by atoms with E-state index < -0.39 is 0 Å². The SMILES string of the molecule is Cc1cc(C)c2[nH][c]cc2c1. The van der Waals surface area contributed by atoms with Crippen molar-refractivity contribution in [2.75, 3.05) is 0 Å². The van der Waals surface area contributed by atoms with Crippen LogP contribution in [0.5, 0.6) is 0 Å². The van der Waals surface area contributed by atoms with Crippen molar-refractivity contribution < 1.29 is 0 Å². The molecular formula is C10H10N. The summed E-state index contributed by atoms with van der Waals surface area (Å²) >= 11 is 0. The number of nitrogens with one attached hydrogen (secondary N) is 1. The number of hydrogen-bond donors (Lipinski definition) is 1. The average molecular weight is 144 g/mol. The third-order valence-electron chi connectivity index (χ3n) is 1.94. The first-order valence-electron chi connectivity index (χ1n) is 3.73. The number of aromatic nitrogens is 1. The van der Waals surface area contributed by atoms with Gasteiger partial charge in [0, 0.05) is 10.9 Å². The van der Waals surface area contributed by atoms with Crippen LogP contribution >= 0.6 is 0 Å². The summed E-state index contributed by atoms with van der Waals surface area (Å²) in [5.74, 6) is 0. The average Bonchev–Trinajstić information content (AvgIpc) is 2.34. The smallest absolute Gasteiger partial charge is 0.0630 e. The lowest BCUT2D eigenvalue weighted by Gasteiger charge is -1.97. The summed E-state index contributed by atoms with van der Waals surface area (Å²) in [6.07, 6.45) is 2.98. The van der Waals surface area contributed by atoms with Crippen LogP contribution < -0.4 is 0 Å².